The van der Waals surface area contributed by atoms with Crippen LogP contribution in [0.3, 0.4) is 0 Å². The van der Waals surface area contributed by atoms with Crippen molar-refractivity contribution in [2.24, 2.45) is 0 Å². The van der Waals surface area contributed by atoms with Crippen LogP contribution in [-0.2, 0) is 23.7 Å². The van der Waals surface area contributed by atoms with Gasteiger partial charge < -0.3 is 39.4 Å². The van der Waals surface area contributed by atoms with Crippen LogP contribution in [0.1, 0.15) is 181 Å². The molecule has 0 aromatic rings. The second-order valence-electron chi connectivity index (χ2n) is 15.5. The zero-order valence-electron chi connectivity index (χ0n) is 35.6. The monoisotopic (exact) mass is 793 g/mol. The van der Waals surface area contributed by atoms with Crippen LogP contribution >= 0.6 is 0 Å². The second-order valence-corrected chi connectivity index (χ2v) is 15.5. The molecular weight excluding hydrogens is 709 g/mol. The first-order valence-electron chi connectivity index (χ1n) is 22.7. The Bertz CT molecular complexity index is 994. The Morgan fingerprint density at radius 2 is 1.09 bits per heavy atom. The molecule has 9 nitrogen and oxygen atoms in total. The van der Waals surface area contributed by atoms with E-state index in [0.717, 1.165) is 70.6 Å². The molecule has 0 saturated carbocycles. The molecule has 1 saturated heterocycles. The van der Waals surface area contributed by atoms with Crippen LogP contribution in [0, 0.1) is 0 Å². The first-order valence-corrected chi connectivity index (χ1v) is 22.7. The van der Waals surface area contributed by atoms with Crippen molar-refractivity contribution in [1.29, 1.82) is 0 Å². The summed E-state index contributed by atoms with van der Waals surface area (Å²) in [5.41, 5.74) is 0. The molecule has 1 aliphatic heterocycles. The number of aliphatic hydroxyl groups excluding tert-OH is 4. The lowest BCUT2D eigenvalue weighted by atomic mass is 9.99. The van der Waals surface area contributed by atoms with Crippen LogP contribution in [0.5, 0.6) is 0 Å². The van der Waals surface area contributed by atoms with Crippen LogP contribution in [0.15, 0.2) is 48.6 Å². The van der Waals surface area contributed by atoms with E-state index in [2.05, 4.69) is 62.5 Å². The van der Waals surface area contributed by atoms with Gasteiger partial charge in [-0.15, -0.1) is 0 Å². The molecule has 1 fully saturated rings. The number of rotatable bonds is 38. The van der Waals surface area contributed by atoms with Crippen molar-refractivity contribution in [2.75, 3.05) is 26.4 Å². The average Bonchev–Trinajstić information content (AvgIpc) is 3.20. The van der Waals surface area contributed by atoms with Gasteiger partial charge in [0, 0.05) is 13.0 Å². The smallest absolute Gasteiger partial charge is 0.306 e. The van der Waals surface area contributed by atoms with Crippen molar-refractivity contribution in [1.82, 2.24) is 0 Å². The number of aliphatic hydroxyl groups is 4. The van der Waals surface area contributed by atoms with Gasteiger partial charge in [0.25, 0.3) is 0 Å². The summed E-state index contributed by atoms with van der Waals surface area (Å²) in [5.74, 6) is -0.320. The van der Waals surface area contributed by atoms with Crippen molar-refractivity contribution in [3.8, 4) is 0 Å². The molecule has 1 aliphatic rings. The van der Waals surface area contributed by atoms with E-state index < -0.39 is 43.4 Å². The zero-order valence-corrected chi connectivity index (χ0v) is 35.6. The number of hydrogen-bond acceptors (Lipinski definition) is 9. The summed E-state index contributed by atoms with van der Waals surface area (Å²) in [6, 6.07) is 0. The van der Waals surface area contributed by atoms with Crippen LogP contribution in [0.4, 0.5) is 0 Å². The molecule has 0 aromatic carbocycles. The van der Waals surface area contributed by atoms with E-state index in [1.807, 2.05) is 0 Å². The van der Waals surface area contributed by atoms with Crippen molar-refractivity contribution >= 4 is 5.97 Å². The van der Waals surface area contributed by atoms with E-state index >= 15 is 0 Å². The molecule has 4 N–H and O–H groups in total. The van der Waals surface area contributed by atoms with Gasteiger partial charge in [-0.3, -0.25) is 4.79 Å². The Hall–Kier alpha value is -1.85. The van der Waals surface area contributed by atoms with Gasteiger partial charge >= 0.3 is 5.97 Å². The normalized spacial score (nSPS) is 21.0. The molecule has 6 atom stereocenters. The maximum absolute atomic E-state index is 12.8. The highest BCUT2D eigenvalue weighted by Crippen LogP contribution is 2.22. The number of unbranched alkanes of at least 4 members (excludes halogenated alkanes) is 19. The molecule has 0 amide bonds. The number of ether oxygens (including phenoxy) is 4. The maximum atomic E-state index is 12.8. The zero-order chi connectivity index (χ0) is 40.7. The van der Waals surface area contributed by atoms with E-state index in [9.17, 15) is 25.2 Å². The molecule has 0 radical (unpaired) electrons. The van der Waals surface area contributed by atoms with E-state index in [0.29, 0.717) is 13.0 Å². The van der Waals surface area contributed by atoms with Crippen molar-refractivity contribution in [2.45, 2.75) is 218 Å². The van der Waals surface area contributed by atoms with Crippen molar-refractivity contribution in [3.63, 3.8) is 0 Å². The van der Waals surface area contributed by atoms with Crippen LogP contribution in [0.2, 0.25) is 0 Å². The lowest BCUT2D eigenvalue weighted by molar-refractivity contribution is -0.305. The van der Waals surface area contributed by atoms with Gasteiger partial charge in [-0.1, -0.05) is 172 Å². The molecule has 326 valence electrons. The summed E-state index contributed by atoms with van der Waals surface area (Å²) in [6.07, 6.45) is 39.9. The van der Waals surface area contributed by atoms with E-state index in [-0.39, 0.29) is 19.2 Å². The summed E-state index contributed by atoms with van der Waals surface area (Å²) in [7, 11) is 0. The minimum Gasteiger partial charge on any atom is -0.457 e. The Morgan fingerprint density at radius 1 is 0.589 bits per heavy atom. The van der Waals surface area contributed by atoms with Gasteiger partial charge in [-0.25, -0.2) is 0 Å². The highest BCUT2D eigenvalue weighted by molar-refractivity contribution is 5.69. The third kappa shape index (κ3) is 29.4. The average molecular weight is 793 g/mol. The predicted molar refractivity (Wildman–Crippen MR) is 228 cm³/mol. The molecule has 0 spiro atoms. The minimum atomic E-state index is -1.54. The molecular formula is C47H84O9. The first kappa shape index (κ1) is 52.2. The molecule has 1 heterocycles. The SMILES string of the molecule is CC/C=C\C/C=C\C/C=C\C/C=C\CCCCCCCOCC(COC1OC(CO)C(O)C(O)C1O)OC(=O)CCCCCCCCCCCCCCCCC. The lowest BCUT2D eigenvalue weighted by Crippen LogP contribution is -2.59. The summed E-state index contributed by atoms with van der Waals surface area (Å²) in [5, 5.41) is 40.1. The quantitative estimate of drug-likeness (QED) is 0.0274. The van der Waals surface area contributed by atoms with E-state index in [1.54, 1.807) is 0 Å². The van der Waals surface area contributed by atoms with Gasteiger partial charge in [0.15, 0.2) is 6.29 Å². The fourth-order valence-electron chi connectivity index (χ4n) is 6.72. The molecule has 0 aliphatic carbocycles. The minimum absolute atomic E-state index is 0.120. The summed E-state index contributed by atoms with van der Waals surface area (Å²) < 4.78 is 22.8. The first-order chi connectivity index (χ1) is 27.4. The molecule has 9 heteroatoms. The maximum Gasteiger partial charge on any atom is 0.306 e. The molecule has 1 rings (SSSR count). The summed E-state index contributed by atoms with van der Waals surface area (Å²) >= 11 is 0. The number of carbonyl (C=O) groups is 1. The van der Waals surface area contributed by atoms with Crippen LogP contribution in [-0.4, -0.2) is 89.6 Å². The standard InChI is InChI=1S/C47H84O9/c1-3-5-7-9-11-13-15-17-19-20-21-23-25-27-29-31-33-35-37-53-39-41(40-54-47-46(52)45(51)44(50)42(38-48)56-47)55-43(49)36-34-32-30-28-26-24-22-18-16-14-12-10-8-6-4-2/h5,7,11,13,17,19,21,23,41-42,44-48,50-52H,3-4,6,8-10,12,14-16,18,20,22,24-40H2,1-2H3/b7-5-,13-11-,19-17-,23-21-. The third-order valence-electron chi connectivity index (χ3n) is 10.3. The van der Waals surface area contributed by atoms with Gasteiger partial charge in [0.1, 0.15) is 30.5 Å². The summed E-state index contributed by atoms with van der Waals surface area (Å²) in [4.78, 5) is 12.8. The fourth-order valence-corrected chi connectivity index (χ4v) is 6.72. The second kappa shape index (κ2) is 38.7. The fraction of sp³-hybridized carbons (Fsp3) is 0.809. The van der Waals surface area contributed by atoms with Gasteiger partial charge in [0.2, 0.25) is 0 Å². The molecule has 0 bridgehead atoms. The number of hydrogen-bond donors (Lipinski definition) is 4. The van der Waals surface area contributed by atoms with Gasteiger partial charge in [-0.05, 0) is 51.4 Å². The summed E-state index contributed by atoms with van der Waals surface area (Å²) in [6.45, 7) is 4.41. The van der Waals surface area contributed by atoms with Crippen molar-refractivity contribution in [3.05, 3.63) is 48.6 Å². The highest BCUT2D eigenvalue weighted by atomic mass is 16.7. The molecule has 56 heavy (non-hydrogen) atoms. The van der Waals surface area contributed by atoms with E-state index in [4.69, 9.17) is 18.9 Å². The molecule has 0 aromatic heterocycles. The number of carbonyl (C=O) groups excluding carboxylic acids is 1. The Kier molecular flexibility index (Phi) is 36.0. The molecule has 6 unspecified atom stereocenters. The number of esters is 1. The largest absolute Gasteiger partial charge is 0.457 e. The van der Waals surface area contributed by atoms with Crippen LogP contribution < -0.4 is 0 Å². The van der Waals surface area contributed by atoms with E-state index in [1.165, 1.54) is 89.9 Å². The third-order valence-corrected chi connectivity index (χ3v) is 10.3. The van der Waals surface area contributed by atoms with Crippen LogP contribution in [0.25, 0.3) is 0 Å². The Labute approximate surface area is 342 Å². The number of allylic oxidation sites excluding steroid dienone is 8. The lowest BCUT2D eigenvalue weighted by Gasteiger charge is -2.39. The topological polar surface area (TPSA) is 135 Å². The predicted octanol–water partition coefficient (Wildman–Crippen LogP) is 10.1. The highest BCUT2D eigenvalue weighted by Gasteiger charge is 2.44. The Balaban J connectivity index is 2.28. The van der Waals surface area contributed by atoms with Gasteiger partial charge in [-0.2, -0.15) is 0 Å². The van der Waals surface area contributed by atoms with Gasteiger partial charge in [0.05, 0.1) is 19.8 Å². The van der Waals surface area contributed by atoms with Crippen molar-refractivity contribution < 1.29 is 44.2 Å². The Morgan fingerprint density at radius 3 is 1.64 bits per heavy atom.